The standard InChI is InChI=1S/C20H27N5S/c1-3-21-20(23-14-16(2)19-10-6-13-26-19)22-11-7-12-25-15-24-17-8-4-5-9-18(17)25/h4-6,8-10,13,15-16H,3,7,11-12,14H2,1-2H3,(H2,21,22,23). The number of aliphatic imine (C=N–C) groups is 1. The zero-order valence-corrected chi connectivity index (χ0v) is 16.3. The van der Waals surface area contributed by atoms with Gasteiger partial charge in [-0.15, -0.1) is 11.3 Å². The number of imidazole rings is 1. The Balaban J connectivity index is 1.48. The van der Waals surface area contributed by atoms with Crippen molar-refractivity contribution in [2.45, 2.75) is 32.7 Å². The van der Waals surface area contributed by atoms with Crippen LogP contribution in [0.4, 0.5) is 0 Å². The minimum absolute atomic E-state index is 0.447. The summed E-state index contributed by atoms with van der Waals surface area (Å²) in [6.07, 6.45) is 2.94. The van der Waals surface area contributed by atoms with Crippen molar-refractivity contribution in [3.05, 3.63) is 53.0 Å². The number of thiophene rings is 1. The van der Waals surface area contributed by atoms with Crippen LogP contribution in [0.1, 0.15) is 31.1 Å². The number of benzene rings is 1. The molecule has 2 N–H and O–H groups in total. The number of para-hydroxylation sites is 2. The van der Waals surface area contributed by atoms with Crippen LogP contribution >= 0.6 is 11.3 Å². The number of guanidine groups is 1. The SMILES string of the molecule is CCNC(=NCC(C)c1cccs1)NCCCn1cnc2ccccc21. The maximum absolute atomic E-state index is 4.74. The first-order valence-electron chi connectivity index (χ1n) is 9.23. The van der Waals surface area contributed by atoms with Gasteiger partial charge in [-0.25, -0.2) is 4.98 Å². The molecule has 2 aromatic heterocycles. The van der Waals surface area contributed by atoms with Gasteiger partial charge in [-0.2, -0.15) is 0 Å². The lowest BCUT2D eigenvalue weighted by atomic mass is 10.1. The summed E-state index contributed by atoms with van der Waals surface area (Å²) in [5.74, 6) is 1.34. The fourth-order valence-corrected chi connectivity index (χ4v) is 3.65. The van der Waals surface area contributed by atoms with E-state index in [1.54, 1.807) is 11.3 Å². The van der Waals surface area contributed by atoms with Crippen LogP contribution in [-0.2, 0) is 6.54 Å². The molecule has 138 valence electrons. The van der Waals surface area contributed by atoms with Crippen molar-refractivity contribution in [3.8, 4) is 0 Å². The van der Waals surface area contributed by atoms with Crippen LogP contribution in [0.25, 0.3) is 11.0 Å². The molecule has 1 unspecified atom stereocenters. The fraction of sp³-hybridized carbons (Fsp3) is 0.400. The summed E-state index contributed by atoms with van der Waals surface area (Å²) >= 11 is 1.80. The van der Waals surface area contributed by atoms with Crippen molar-refractivity contribution < 1.29 is 0 Å². The van der Waals surface area contributed by atoms with E-state index >= 15 is 0 Å². The van der Waals surface area contributed by atoms with Gasteiger partial charge in [0, 0.05) is 30.4 Å². The van der Waals surface area contributed by atoms with Gasteiger partial charge < -0.3 is 15.2 Å². The maximum Gasteiger partial charge on any atom is 0.191 e. The first-order chi connectivity index (χ1) is 12.8. The van der Waals surface area contributed by atoms with E-state index in [4.69, 9.17) is 4.99 Å². The van der Waals surface area contributed by atoms with Gasteiger partial charge in [-0.3, -0.25) is 4.99 Å². The Kier molecular flexibility index (Phi) is 6.66. The van der Waals surface area contributed by atoms with Crippen LogP contribution in [0.3, 0.4) is 0 Å². The second kappa shape index (κ2) is 9.38. The molecule has 0 spiro atoms. The topological polar surface area (TPSA) is 54.2 Å². The predicted octanol–water partition coefficient (Wildman–Crippen LogP) is 3.85. The number of hydrogen-bond acceptors (Lipinski definition) is 3. The summed E-state index contributed by atoms with van der Waals surface area (Å²) in [4.78, 5) is 10.6. The average Bonchev–Trinajstić information content (AvgIpc) is 3.33. The molecule has 0 bridgehead atoms. The number of hydrogen-bond donors (Lipinski definition) is 2. The summed E-state index contributed by atoms with van der Waals surface area (Å²) < 4.78 is 2.21. The molecule has 0 amide bonds. The first kappa shape index (κ1) is 18.5. The van der Waals surface area contributed by atoms with Crippen molar-refractivity contribution in [2.75, 3.05) is 19.6 Å². The third kappa shape index (κ3) is 4.85. The molecule has 1 atom stereocenters. The highest BCUT2D eigenvalue weighted by molar-refractivity contribution is 7.10. The van der Waals surface area contributed by atoms with E-state index in [2.05, 4.69) is 69.7 Å². The van der Waals surface area contributed by atoms with Crippen LogP contribution in [-0.4, -0.2) is 35.1 Å². The van der Waals surface area contributed by atoms with Gasteiger partial charge in [0.2, 0.25) is 0 Å². The highest BCUT2D eigenvalue weighted by atomic mass is 32.1. The van der Waals surface area contributed by atoms with Crippen molar-refractivity contribution >= 4 is 28.3 Å². The first-order valence-corrected chi connectivity index (χ1v) is 10.1. The van der Waals surface area contributed by atoms with E-state index in [0.29, 0.717) is 5.92 Å². The summed E-state index contributed by atoms with van der Waals surface area (Å²) in [5, 5.41) is 8.89. The molecule has 0 aliphatic rings. The Hall–Kier alpha value is -2.34. The quantitative estimate of drug-likeness (QED) is 0.360. The Morgan fingerprint density at radius 1 is 1.23 bits per heavy atom. The summed E-state index contributed by atoms with van der Waals surface area (Å²) in [6.45, 7) is 7.80. The van der Waals surface area contributed by atoms with Gasteiger partial charge in [0.25, 0.3) is 0 Å². The molecule has 0 radical (unpaired) electrons. The number of aryl methyl sites for hydroxylation is 1. The monoisotopic (exact) mass is 369 g/mol. The molecule has 2 heterocycles. The second-order valence-corrected chi connectivity index (χ2v) is 7.32. The van der Waals surface area contributed by atoms with Crippen LogP contribution < -0.4 is 10.6 Å². The summed E-state index contributed by atoms with van der Waals surface area (Å²) in [7, 11) is 0. The summed E-state index contributed by atoms with van der Waals surface area (Å²) in [5.41, 5.74) is 2.25. The largest absolute Gasteiger partial charge is 0.357 e. The van der Waals surface area contributed by atoms with Gasteiger partial charge in [-0.1, -0.05) is 25.1 Å². The number of fused-ring (bicyclic) bond motifs is 1. The van der Waals surface area contributed by atoms with Crippen LogP contribution in [0.2, 0.25) is 0 Å². The second-order valence-electron chi connectivity index (χ2n) is 6.34. The molecule has 0 saturated carbocycles. The molecule has 6 heteroatoms. The van der Waals surface area contributed by atoms with Crippen molar-refractivity contribution in [1.29, 1.82) is 0 Å². The third-order valence-corrected chi connectivity index (χ3v) is 5.40. The molecular weight excluding hydrogens is 342 g/mol. The molecule has 26 heavy (non-hydrogen) atoms. The molecule has 3 aromatic rings. The van der Waals surface area contributed by atoms with Crippen LogP contribution in [0, 0.1) is 0 Å². The van der Waals surface area contributed by atoms with Gasteiger partial charge in [0.15, 0.2) is 5.96 Å². The predicted molar refractivity (Wildman–Crippen MR) is 111 cm³/mol. The molecule has 0 aliphatic carbocycles. The Morgan fingerprint density at radius 3 is 2.92 bits per heavy atom. The fourth-order valence-electron chi connectivity index (χ4n) is 2.88. The lowest BCUT2D eigenvalue weighted by Crippen LogP contribution is -2.38. The summed E-state index contributed by atoms with van der Waals surface area (Å²) in [6, 6.07) is 12.5. The molecule has 0 aliphatic heterocycles. The molecule has 0 fully saturated rings. The van der Waals surface area contributed by atoms with E-state index in [1.807, 2.05) is 12.4 Å². The molecular formula is C20H27N5S. The highest BCUT2D eigenvalue weighted by Gasteiger charge is 2.06. The van der Waals surface area contributed by atoms with E-state index in [-0.39, 0.29) is 0 Å². The highest BCUT2D eigenvalue weighted by Crippen LogP contribution is 2.20. The zero-order valence-electron chi connectivity index (χ0n) is 15.5. The smallest absolute Gasteiger partial charge is 0.191 e. The Bertz CT molecular complexity index is 822. The van der Waals surface area contributed by atoms with Crippen LogP contribution in [0.5, 0.6) is 0 Å². The van der Waals surface area contributed by atoms with Gasteiger partial charge in [-0.05, 0) is 36.9 Å². The molecule has 0 saturated heterocycles. The number of nitrogens with zero attached hydrogens (tertiary/aromatic N) is 3. The van der Waals surface area contributed by atoms with Crippen LogP contribution in [0.15, 0.2) is 53.1 Å². The Morgan fingerprint density at radius 2 is 2.12 bits per heavy atom. The maximum atomic E-state index is 4.74. The number of aromatic nitrogens is 2. The van der Waals surface area contributed by atoms with Crippen molar-refractivity contribution in [3.63, 3.8) is 0 Å². The normalized spacial score (nSPS) is 13.1. The lowest BCUT2D eigenvalue weighted by Gasteiger charge is -2.13. The van der Waals surface area contributed by atoms with E-state index in [0.717, 1.165) is 44.1 Å². The molecule has 5 nitrogen and oxygen atoms in total. The van der Waals surface area contributed by atoms with Gasteiger partial charge in [0.1, 0.15) is 0 Å². The van der Waals surface area contributed by atoms with E-state index in [1.165, 1.54) is 10.4 Å². The third-order valence-electron chi connectivity index (χ3n) is 4.29. The minimum atomic E-state index is 0.447. The van der Waals surface area contributed by atoms with Crippen molar-refractivity contribution in [1.82, 2.24) is 20.2 Å². The number of rotatable bonds is 8. The van der Waals surface area contributed by atoms with E-state index in [9.17, 15) is 0 Å². The minimum Gasteiger partial charge on any atom is -0.357 e. The number of nitrogens with one attached hydrogen (secondary N) is 2. The molecule has 3 rings (SSSR count). The van der Waals surface area contributed by atoms with Gasteiger partial charge in [0.05, 0.1) is 23.9 Å². The van der Waals surface area contributed by atoms with Gasteiger partial charge >= 0.3 is 0 Å². The average molecular weight is 370 g/mol. The van der Waals surface area contributed by atoms with Crippen molar-refractivity contribution in [2.24, 2.45) is 4.99 Å². The lowest BCUT2D eigenvalue weighted by molar-refractivity contribution is 0.636. The van der Waals surface area contributed by atoms with E-state index < -0.39 is 0 Å². The molecule has 1 aromatic carbocycles. The zero-order chi connectivity index (χ0) is 18.2. The Labute approximate surface area is 159 Å².